The number of benzene rings is 1. The van der Waals surface area contributed by atoms with Crippen molar-refractivity contribution >= 4 is 12.0 Å². The van der Waals surface area contributed by atoms with Crippen molar-refractivity contribution in [3.05, 3.63) is 54.1 Å². The molecule has 0 N–H and O–H groups in total. The van der Waals surface area contributed by atoms with Crippen molar-refractivity contribution in [1.82, 2.24) is 19.7 Å². The van der Waals surface area contributed by atoms with Crippen LogP contribution in [-0.2, 0) is 17.9 Å². The lowest BCUT2D eigenvalue weighted by atomic mass is 10.2. The van der Waals surface area contributed by atoms with Crippen LogP contribution >= 0.6 is 0 Å². The molecule has 104 valence electrons. The molecule has 0 bridgehead atoms. The largest absolute Gasteiger partial charge is 0.335 e. The Morgan fingerprint density at radius 3 is 2.80 bits per heavy atom. The highest BCUT2D eigenvalue weighted by atomic mass is 16.2. The molecular weight excluding hydrogens is 252 g/mol. The van der Waals surface area contributed by atoms with Gasteiger partial charge in [0.05, 0.1) is 6.54 Å². The summed E-state index contributed by atoms with van der Waals surface area (Å²) in [5.41, 5.74) is 1.01. The Bertz CT molecular complexity index is 589. The molecule has 0 fully saturated rings. The van der Waals surface area contributed by atoms with E-state index in [-0.39, 0.29) is 5.91 Å². The average Bonchev–Trinajstić information content (AvgIpc) is 2.93. The highest BCUT2D eigenvalue weighted by Crippen LogP contribution is 2.04. The van der Waals surface area contributed by atoms with Gasteiger partial charge in [0.2, 0.25) is 5.91 Å². The normalized spacial score (nSPS) is 10.9. The number of aryl methyl sites for hydroxylation is 1. The third kappa shape index (κ3) is 3.54. The fourth-order valence-electron chi connectivity index (χ4n) is 1.81. The average molecular weight is 270 g/mol. The monoisotopic (exact) mass is 270 g/mol. The van der Waals surface area contributed by atoms with Crippen LogP contribution in [0.1, 0.15) is 18.3 Å². The Kier molecular flexibility index (Phi) is 4.65. The third-order valence-corrected chi connectivity index (χ3v) is 3.01. The molecule has 0 aliphatic rings. The van der Waals surface area contributed by atoms with Gasteiger partial charge in [-0.25, -0.2) is 0 Å². The summed E-state index contributed by atoms with van der Waals surface area (Å²) in [7, 11) is 1.76. The lowest BCUT2D eigenvalue weighted by Crippen LogP contribution is -2.25. The molecule has 0 unspecified atom stereocenters. The number of nitrogens with zero attached hydrogens (tertiary/aromatic N) is 4. The van der Waals surface area contributed by atoms with Gasteiger partial charge in [0, 0.05) is 19.7 Å². The molecule has 0 spiro atoms. The van der Waals surface area contributed by atoms with E-state index in [0.29, 0.717) is 6.54 Å². The lowest BCUT2D eigenvalue weighted by molar-refractivity contribution is -0.125. The van der Waals surface area contributed by atoms with Crippen molar-refractivity contribution in [2.75, 3.05) is 7.05 Å². The summed E-state index contributed by atoms with van der Waals surface area (Å²) in [5, 5.41) is 7.88. The van der Waals surface area contributed by atoms with Crippen LogP contribution in [0.4, 0.5) is 0 Å². The standard InChI is InChI=1S/C15H18N4O/c1-3-19-12-16-17-14(19)11-18(2)15(20)10-9-13-7-5-4-6-8-13/h4-10,12H,3,11H2,1-2H3/b10-9+. The number of hydrogen-bond acceptors (Lipinski definition) is 3. The Hall–Kier alpha value is -2.43. The Balaban J connectivity index is 1.97. The van der Waals surface area contributed by atoms with Gasteiger partial charge < -0.3 is 9.47 Å². The minimum Gasteiger partial charge on any atom is -0.335 e. The number of rotatable bonds is 5. The van der Waals surface area contributed by atoms with E-state index in [9.17, 15) is 4.79 Å². The first-order valence-electron chi connectivity index (χ1n) is 6.55. The molecule has 1 heterocycles. The van der Waals surface area contributed by atoms with Crippen LogP contribution in [0.5, 0.6) is 0 Å². The smallest absolute Gasteiger partial charge is 0.246 e. The second kappa shape index (κ2) is 6.65. The second-order valence-electron chi connectivity index (χ2n) is 4.47. The SMILES string of the molecule is CCn1cnnc1CN(C)C(=O)/C=C/c1ccccc1. The van der Waals surface area contributed by atoms with Gasteiger partial charge in [0.15, 0.2) is 5.82 Å². The quantitative estimate of drug-likeness (QED) is 0.780. The molecule has 0 atom stereocenters. The summed E-state index contributed by atoms with van der Waals surface area (Å²) >= 11 is 0. The van der Waals surface area contributed by atoms with Gasteiger partial charge in [-0.1, -0.05) is 30.3 Å². The molecule has 0 aliphatic carbocycles. The summed E-state index contributed by atoms with van der Waals surface area (Å²) in [4.78, 5) is 13.6. The summed E-state index contributed by atoms with van der Waals surface area (Å²) in [6.45, 7) is 3.26. The molecule has 1 aromatic carbocycles. The predicted molar refractivity (Wildman–Crippen MR) is 77.6 cm³/mol. The molecule has 0 saturated heterocycles. The maximum atomic E-state index is 12.0. The van der Waals surface area contributed by atoms with Gasteiger partial charge in [-0.05, 0) is 18.6 Å². The number of likely N-dealkylation sites (N-methyl/N-ethyl adjacent to an activating group) is 1. The fourth-order valence-corrected chi connectivity index (χ4v) is 1.81. The van der Waals surface area contributed by atoms with E-state index < -0.39 is 0 Å². The molecule has 2 rings (SSSR count). The first kappa shape index (κ1) is 14.0. The molecule has 1 amide bonds. The topological polar surface area (TPSA) is 51.0 Å². The van der Waals surface area contributed by atoms with Crippen LogP contribution in [0.3, 0.4) is 0 Å². The molecule has 0 saturated carbocycles. The minimum absolute atomic E-state index is 0.0560. The fraction of sp³-hybridized carbons (Fsp3) is 0.267. The van der Waals surface area contributed by atoms with E-state index in [1.165, 1.54) is 0 Å². The van der Waals surface area contributed by atoms with Crippen molar-refractivity contribution in [2.24, 2.45) is 0 Å². The minimum atomic E-state index is -0.0560. The van der Waals surface area contributed by atoms with Gasteiger partial charge >= 0.3 is 0 Å². The van der Waals surface area contributed by atoms with Crippen molar-refractivity contribution in [3.63, 3.8) is 0 Å². The van der Waals surface area contributed by atoms with Crippen molar-refractivity contribution in [3.8, 4) is 0 Å². The van der Waals surface area contributed by atoms with Crippen molar-refractivity contribution < 1.29 is 4.79 Å². The van der Waals surface area contributed by atoms with Crippen molar-refractivity contribution in [1.29, 1.82) is 0 Å². The van der Waals surface area contributed by atoms with Gasteiger partial charge in [-0.2, -0.15) is 0 Å². The third-order valence-electron chi connectivity index (χ3n) is 3.01. The van der Waals surface area contributed by atoms with Gasteiger partial charge in [0.1, 0.15) is 6.33 Å². The highest BCUT2D eigenvalue weighted by Gasteiger charge is 2.10. The number of amides is 1. The number of carbonyl (C=O) groups is 1. The van der Waals surface area contributed by atoms with Crippen LogP contribution in [0, 0.1) is 0 Å². The van der Waals surface area contributed by atoms with Crippen LogP contribution < -0.4 is 0 Å². The maximum absolute atomic E-state index is 12.0. The zero-order valence-corrected chi connectivity index (χ0v) is 11.7. The van der Waals surface area contributed by atoms with Gasteiger partial charge in [-0.3, -0.25) is 4.79 Å². The summed E-state index contributed by atoms with van der Waals surface area (Å²) < 4.78 is 1.92. The molecule has 0 aliphatic heterocycles. The summed E-state index contributed by atoms with van der Waals surface area (Å²) in [5.74, 6) is 0.732. The first-order valence-corrected chi connectivity index (χ1v) is 6.55. The second-order valence-corrected chi connectivity index (χ2v) is 4.47. The van der Waals surface area contributed by atoms with Gasteiger partial charge in [-0.15, -0.1) is 10.2 Å². The van der Waals surface area contributed by atoms with E-state index in [2.05, 4.69) is 10.2 Å². The molecular formula is C15H18N4O. The van der Waals surface area contributed by atoms with Crippen LogP contribution in [0.25, 0.3) is 6.08 Å². The molecule has 20 heavy (non-hydrogen) atoms. The van der Waals surface area contributed by atoms with E-state index in [4.69, 9.17) is 0 Å². The maximum Gasteiger partial charge on any atom is 0.246 e. The summed E-state index contributed by atoms with van der Waals surface area (Å²) in [6.07, 6.45) is 5.05. The van der Waals surface area contributed by atoms with Crippen molar-refractivity contribution in [2.45, 2.75) is 20.0 Å². The molecule has 1 aromatic heterocycles. The van der Waals surface area contributed by atoms with E-state index in [1.807, 2.05) is 47.9 Å². The predicted octanol–water partition coefficient (Wildman–Crippen LogP) is 1.97. The Morgan fingerprint density at radius 1 is 1.35 bits per heavy atom. The number of hydrogen-bond donors (Lipinski definition) is 0. The van der Waals surface area contributed by atoms with E-state index in [0.717, 1.165) is 17.9 Å². The van der Waals surface area contributed by atoms with E-state index in [1.54, 1.807) is 24.4 Å². The van der Waals surface area contributed by atoms with Crippen LogP contribution in [0.15, 0.2) is 42.7 Å². The van der Waals surface area contributed by atoms with Crippen LogP contribution in [-0.4, -0.2) is 32.6 Å². The highest BCUT2D eigenvalue weighted by molar-refractivity contribution is 5.91. The number of carbonyl (C=O) groups excluding carboxylic acids is 1. The van der Waals surface area contributed by atoms with Gasteiger partial charge in [0.25, 0.3) is 0 Å². The number of aromatic nitrogens is 3. The molecule has 5 heteroatoms. The Labute approximate surface area is 118 Å². The zero-order valence-electron chi connectivity index (χ0n) is 11.7. The first-order chi connectivity index (χ1) is 9.70. The molecule has 2 aromatic rings. The zero-order chi connectivity index (χ0) is 14.4. The Morgan fingerprint density at radius 2 is 2.10 bits per heavy atom. The van der Waals surface area contributed by atoms with E-state index >= 15 is 0 Å². The lowest BCUT2D eigenvalue weighted by Gasteiger charge is -2.14. The molecule has 0 radical (unpaired) electrons. The van der Waals surface area contributed by atoms with Crippen LogP contribution in [0.2, 0.25) is 0 Å². The molecule has 5 nitrogen and oxygen atoms in total. The summed E-state index contributed by atoms with van der Waals surface area (Å²) in [6, 6.07) is 9.74.